The van der Waals surface area contributed by atoms with E-state index in [1.54, 1.807) is 6.07 Å². The lowest BCUT2D eigenvalue weighted by atomic mass is 10.2. The van der Waals surface area contributed by atoms with E-state index in [9.17, 15) is 4.79 Å². The smallest absolute Gasteiger partial charge is 0.414 e. The Morgan fingerprint density at radius 2 is 1.61 bits per heavy atom. The van der Waals surface area contributed by atoms with Crippen molar-refractivity contribution in [3.05, 3.63) is 21.3 Å². The van der Waals surface area contributed by atoms with Crippen molar-refractivity contribution in [2.75, 3.05) is 39.3 Å². The van der Waals surface area contributed by atoms with Gasteiger partial charge in [-0.25, -0.2) is 9.59 Å². The molecule has 2 N–H and O–H groups in total. The highest BCUT2D eigenvalue weighted by Gasteiger charge is 2.19. The van der Waals surface area contributed by atoms with Gasteiger partial charge in [0.1, 0.15) is 0 Å². The monoisotopic (exact) mass is 362 g/mol. The van der Waals surface area contributed by atoms with Crippen LogP contribution in [0.3, 0.4) is 0 Å². The lowest BCUT2D eigenvalue weighted by molar-refractivity contribution is -0.159. The van der Waals surface area contributed by atoms with Crippen molar-refractivity contribution in [3.8, 4) is 0 Å². The number of hydrogen-bond donors (Lipinski definition) is 2. The molecule has 2 rings (SSSR count). The van der Waals surface area contributed by atoms with E-state index in [1.807, 2.05) is 6.07 Å². The van der Waals surface area contributed by atoms with Crippen LogP contribution in [0.25, 0.3) is 0 Å². The van der Waals surface area contributed by atoms with E-state index in [0.29, 0.717) is 10.9 Å². The number of carbonyl (C=O) groups excluding carboxylic acids is 1. The molecule has 0 spiro atoms. The number of carbonyl (C=O) groups is 3. The zero-order valence-corrected chi connectivity index (χ0v) is 14.3. The number of carboxylic acids is 2. The van der Waals surface area contributed by atoms with Crippen LogP contribution < -0.4 is 0 Å². The normalized spacial score (nSPS) is 15.6. The topological polar surface area (TPSA) is 98.2 Å². The fourth-order valence-corrected chi connectivity index (χ4v) is 2.98. The largest absolute Gasteiger partial charge is 0.473 e. The fourth-order valence-electron chi connectivity index (χ4n) is 2.01. The van der Waals surface area contributed by atoms with Crippen molar-refractivity contribution in [1.29, 1.82) is 0 Å². The van der Waals surface area contributed by atoms with Gasteiger partial charge in [0.25, 0.3) is 0 Å². The van der Waals surface area contributed by atoms with E-state index >= 15 is 0 Å². The van der Waals surface area contributed by atoms with E-state index in [1.165, 1.54) is 11.3 Å². The predicted molar refractivity (Wildman–Crippen MR) is 87.5 cm³/mol. The molecule has 0 aromatic carbocycles. The van der Waals surface area contributed by atoms with Crippen LogP contribution >= 0.6 is 22.9 Å². The Hall–Kier alpha value is -1.48. The van der Waals surface area contributed by atoms with Crippen LogP contribution in [0.4, 0.5) is 0 Å². The molecule has 1 aromatic heterocycles. The number of hydrogen-bond acceptors (Lipinski definition) is 6. The summed E-state index contributed by atoms with van der Waals surface area (Å²) in [7, 11) is 0. The van der Waals surface area contributed by atoms with Crippen LogP contribution in [0.2, 0.25) is 4.34 Å². The fraction of sp³-hybridized carbons (Fsp3) is 0.500. The van der Waals surface area contributed by atoms with Gasteiger partial charge >= 0.3 is 11.9 Å². The van der Waals surface area contributed by atoms with Gasteiger partial charge in [0.2, 0.25) is 0 Å². The van der Waals surface area contributed by atoms with Crippen LogP contribution in [0.15, 0.2) is 12.1 Å². The van der Waals surface area contributed by atoms with Gasteiger partial charge in [-0.05, 0) is 18.7 Å². The molecule has 128 valence electrons. The summed E-state index contributed by atoms with van der Waals surface area (Å²) in [6, 6.07) is 3.60. The summed E-state index contributed by atoms with van der Waals surface area (Å²) in [6.07, 6.45) is 0. The van der Waals surface area contributed by atoms with Crippen LogP contribution in [0.5, 0.6) is 0 Å². The molecule has 0 saturated carbocycles. The number of aliphatic carboxylic acids is 2. The van der Waals surface area contributed by atoms with Gasteiger partial charge in [0.05, 0.1) is 15.8 Å². The van der Waals surface area contributed by atoms with Crippen LogP contribution in [-0.4, -0.2) is 77.0 Å². The third-order valence-electron chi connectivity index (χ3n) is 3.31. The van der Waals surface area contributed by atoms with Crippen LogP contribution in [0, 0.1) is 0 Å². The molecule has 0 radical (unpaired) electrons. The summed E-state index contributed by atoms with van der Waals surface area (Å²) in [5, 5.41) is 14.8. The average Bonchev–Trinajstić information content (AvgIpc) is 2.95. The number of carboxylic acid groups (broad SMARTS) is 2. The molecule has 2 heterocycles. The summed E-state index contributed by atoms with van der Waals surface area (Å²) < 4.78 is 0.684. The molecule has 1 fully saturated rings. The van der Waals surface area contributed by atoms with Gasteiger partial charge in [-0.3, -0.25) is 9.69 Å². The Morgan fingerprint density at radius 1 is 1.09 bits per heavy atom. The van der Waals surface area contributed by atoms with Gasteiger partial charge in [0.15, 0.2) is 5.78 Å². The zero-order valence-electron chi connectivity index (χ0n) is 12.7. The molecule has 7 nitrogen and oxygen atoms in total. The number of ketones is 1. The highest BCUT2D eigenvalue weighted by molar-refractivity contribution is 7.18. The molecule has 1 aliphatic heterocycles. The van der Waals surface area contributed by atoms with Gasteiger partial charge < -0.3 is 15.1 Å². The second-order valence-electron chi connectivity index (χ2n) is 4.85. The first-order valence-corrected chi connectivity index (χ1v) is 8.22. The first kappa shape index (κ1) is 19.6. The number of piperazine rings is 1. The second kappa shape index (κ2) is 9.61. The Kier molecular flexibility index (Phi) is 8.18. The summed E-state index contributed by atoms with van der Waals surface area (Å²) in [4.78, 5) is 35.6. The van der Waals surface area contributed by atoms with Crippen LogP contribution in [0.1, 0.15) is 16.6 Å². The summed E-state index contributed by atoms with van der Waals surface area (Å²) in [5.74, 6) is -3.46. The number of rotatable bonds is 4. The molecule has 0 bridgehead atoms. The Balaban J connectivity index is 0.000000379. The number of thiophene rings is 1. The van der Waals surface area contributed by atoms with E-state index in [0.717, 1.165) is 37.6 Å². The number of halogens is 1. The number of likely N-dealkylation sites (N-methyl/N-ethyl adjacent to an activating group) is 1. The van der Waals surface area contributed by atoms with Crippen molar-refractivity contribution >= 4 is 40.7 Å². The van der Waals surface area contributed by atoms with Gasteiger partial charge in [-0.1, -0.05) is 18.5 Å². The number of nitrogens with zero attached hydrogens (tertiary/aromatic N) is 2. The minimum absolute atomic E-state index is 0.187. The van der Waals surface area contributed by atoms with Crippen molar-refractivity contribution in [2.24, 2.45) is 0 Å². The SMILES string of the molecule is CCN1CCN(CC(=O)c2ccc(Cl)s2)CC1.O=C(O)C(=O)O. The van der Waals surface area contributed by atoms with Gasteiger partial charge in [-0.2, -0.15) is 0 Å². The maximum atomic E-state index is 12.0. The summed E-state index contributed by atoms with van der Waals surface area (Å²) in [5.41, 5.74) is 0. The lowest BCUT2D eigenvalue weighted by Crippen LogP contribution is -2.47. The Labute approximate surface area is 143 Å². The van der Waals surface area contributed by atoms with Gasteiger partial charge in [-0.15, -0.1) is 11.3 Å². The van der Waals surface area contributed by atoms with E-state index in [4.69, 9.17) is 31.4 Å². The summed E-state index contributed by atoms with van der Waals surface area (Å²) >= 11 is 7.20. The van der Waals surface area contributed by atoms with E-state index in [2.05, 4.69) is 16.7 Å². The highest BCUT2D eigenvalue weighted by Crippen LogP contribution is 2.22. The second-order valence-corrected chi connectivity index (χ2v) is 6.56. The molecule has 1 saturated heterocycles. The first-order chi connectivity index (χ1) is 10.8. The lowest BCUT2D eigenvalue weighted by Gasteiger charge is -2.33. The molecule has 23 heavy (non-hydrogen) atoms. The Bertz CT molecular complexity index is 543. The van der Waals surface area contributed by atoms with Crippen molar-refractivity contribution in [2.45, 2.75) is 6.92 Å². The molecule has 1 aliphatic rings. The predicted octanol–water partition coefficient (Wildman–Crippen LogP) is 1.38. The number of Topliss-reactive ketones (excluding diaryl/α,β-unsaturated/α-hetero) is 1. The third kappa shape index (κ3) is 7.08. The molecular weight excluding hydrogens is 344 g/mol. The minimum atomic E-state index is -1.82. The molecular formula is C14H19ClN2O5S. The standard InChI is InChI=1S/C12H17ClN2OS.C2H2O4/c1-2-14-5-7-15(8-6-14)9-10(16)11-3-4-12(13)17-11;3-1(4)2(5)6/h3-4H,2,5-9H2,1H3;(H,3,4)(H,5,6). The van der Waals surface area contributed by atoms with E-state index < -0.39 is 11.9 Å². The maximum absolute atomic E-state index is 12.0. The third-order valence-corrected chi connectivity index (χ3v) is 4.58. The average molecular weight is 363 g/mol. The van der Waals surface area contributed by atoms with Crippen molar-refractivity contribution in [3.63, 3.8) is 0 Å². The quantitative estimate of drug-likeness (QED) is 0.616. The molecule has 0 amide bonds. The summed E-state index contributed by atoms with van der Waals surface area (Å²) in [6.45, 7) is 7.90. The minimum Gasteiger partial charge on any atom is -0.473 e. The Morgan fingerprint density at radius 3 is 2.00 bits per heavy atom. The molecule has 0 aliphatic carbocycles. The van der Waals surface area contributed by atoms with Gasteiger partial charge in [0, 0.05) is 26.2 Å². The highest BCUT2D eigenvalue weighted by atomic mass is 35.5. The van der Waals surface area contributed by atoms with E-state index in [-0.39, 0.29) is 5.78 Å². The first-order valence-electron chi connectivity index (χ1n) is 7.03. The molecule has 0 unspecified atom stereocenters. The molecule has 1 aromatic rings. The molecule has 0 atom stereocenters. The maximum Gasteiger partial charge on any atom is 0.414 e. The zero-order chi connectivity index (χ0) is 17.4. The van der Waals surface area contributed by atoms with Crippen molar-refractivity contribution < 1.29 is 24.6 Å². The molecule has 9 heteroatoms. The van der Waals surface area contributed by atoms with Crippen LogP contribution in [-0.2, 0) is 9.59 Å². The van der Waals surface area contributed by atoms with Crippen molar-refractivity contribution in [1.82, 2.24) is 9.80 Å².